The van der Waals surface area contributed by atoms with Crippen molar-refractivity contribution < 1.29 is 4.79 Å². The van der Waals surface area contributed by atoms with E-state index in [0.717, 1.165) is 32.5 Å². The molecule has 98 valence electrons. The van der Waals surface area contributed by atoms with Gasteiger partial charge in [0.25, 0.3) is 5.91 Å². The highest BCUT2D eigenvalue weighted by Gasteiger charge is 2.17. The van der Waals surface area contributed by atoms with E-state index in [1.165, 1.54) is 0 Å². The number of amides is 1. The number of carbonyl (C=O) groups is 1. The lowest BCUT2D eigenvalue weighted by Gasteiger charge is -2.28. The summed E-state index contributed by atoms with van der Waals surface area (Å²) in [5.41, 5.74) is 6.93. The first kappa shape index (κ1) is 12.9. The molecule has 0 aromatic heterocycles. The van der Waals surface area contributed by atoms with Crippen LogP contribution in [0.25, 0.3) is 0 Å². The molecule has 4 nitrogen and oxygen atoms in total. The zero-order valence-corrected chi connectivity index (χ0v) is 10.9. The van der Waals surface area contributed by atoms with Crippen LogP contribution in [-0.2, 0) is 0 Å². The molecular weight excluding hydrogens is 226 g/mol. The SMILES string of the molecule is CN1CCC(CNC(=O)c2cccc(N)c2)CC1. The monoisotopic (exact) mass is 247 g/mol. The van der Waals surface area contributed by atoms with Crippen molar-refractivity contribution in [2.75, 3.05) is 32.4 Å². The summed E-state index contributed by atoms with van der Waals surface area (Å²) < 4.78 is 0. The first-order valence-electron chi connectivity index (χ1n) is 6.47. The van der Waals surface area contributed by atoms with Crippen molar-refractivity contribution in [3.05, 3.63) is 29.8 Å². The summed E-state index contributed by atoms with van der Waals surface area (Å²) in [5.74, 6) is 0.576. The summed E-state index contributed by atoms with van der Waals surface area (Å²) in [4.78, 5) is 14.3. The Morgan fingerprint density at radius 2 is 2.17 bits per heavy atom. The first-order valence-corrected chi connectivity index (χ1v) is 6.47. The van der Waals surface area contributed by atoms with Crippen LogP contribution in [0.3, 0.4) is 0 Å². The van der Waals surface area contributed by atoms with Crippen molar-refractivity contribution in [2.45, 2.75) is 12.8 Å². The van der Waals surface area contributed by atoms with E-state index in [1.807, 2.05) is 0 Å². The largest absolute Gasteiger partial charge is 0.399 e. The summed E-state index contributed by atoms with van der Waals surface area (Å²) in [6.07, 6.45) is 2.32. The van der Waals surface area contributed by atoms with E-state index < -0.39 is 0 Å². The summed E-state index contributed by atoms with van der Waals surface area (Å²) >= 11 is 0. The van der Waals surface area contributed by atoms with Gasteiger partial charge in [-0.2, -0.15) is 0 Å². The van der Waals surface area contributed by atoms with Crippen LogP contribution in [0.2, 0.25) is 0 Å². The molecule has 0 atom stereocenters. The van der Waals surface area contributed by atoms with Gasteiger partial charge in [0.15, 0.2) is 0 Å². The smallest absolute Gasteiger partial charge is 0.251 e. The molecule has 18 heavy (non-hydrogen) atoms. The maximum atomic E-state index is 11.9. The van der Waals surface area contributed by atoms with Crippen molar-refractivity contribution >= 4 is 11.6 Å². The minimum absolute atomic E-state index is 0.0266. The molecule has 4 heteroatoms. The molecular formula is C14H21N3O. The maximum absolute atomic E-state index is 11.9. The Labute approximate surface area is 108 Å². The van der Waals surface area contributed by atoms with Crippen LogP contribution in [0.1, 0.15) is 23.2 Å². The molecule has 1 aliphatic rings. The number of nitrogen functional groups attached to an aromatic ring is 1. The molecule has 1 heterocycles. The molecule has 0 bridgehead atoms. The highest BCUT2D eigenvalue weighted by Crippen LogP contribution is 2.15. The number of piperidine rings is 1. The lowest BCUT2D eigenvalue weighted by atomic mass is 9.97. The van der Waals surface area contributed by atoms with Crippen LogP contribution in [0.4, 0.5) is 5.69 Å². The Morgan fingerprint density at radius 3 is 2.83 bits per heavy atom. The number of nitrogens with one attached hydrogen (secondary N) is 1. The molecule has 0 unspecified atom stereocenters. The number of nitrogens with two attached hydrogens (primary N) is 1. The van der Waals surface area contributed by atoms with Crippen LogP contribution < -0.4 is 11.1 Å². The third kappa shape index (κ3) is 3.47. The number of rotatable bonds is 3. The zero-order valence-electron chi connectivity index (χ0n) is 10.9. The topological polar surface area (TPSA) is 58.4 Å². The molecule has 2 rings (SSSR count). The maximum Gasteiger partial charge on any atom is 0.251 e. The zero-order chi connectivity index (χ0) is 13.0. The fraction of sp³-hybridized carbons (Fsp3) is 0.500. The minimum atomic E-state index is -0.0266. The number of likely N-dealkylation sites (tertiary alicyclic amines) is 1. The van der Waals surface area contributed by atoms with E-state index >= 15 is 0 Å². The number of hydrogen-bond donors (Lipinski definition) is 2. The molecule has 0 spiro atoms. The predicted octanol–water partition coefficient (Wildman–Crippen LogP) is 1.34. The molecule has 1 aromatic rings. The van der Waals surface area contributed by atoms with Gasteiger partial charge in [0.2, 0.25) is 0 Å². The Hall–Kier alpha value is -1.55. The molecule has 1 fully saturated rings. The van der Waals surface area contributed by atoms with Gasteiger partial charge in [0.1, 0.15) is 0 Å². The Balaban J connectivity index is 1.81. The van der Waals surface area contributed by atoms with Crippen LogP contribution in [-0.4, -0.2) is 37.5 Å². The highest BCUT2D eigenvalue weighted by atomic mass is 16.1. The van der Waals surface area contributed by atoms with E-state index in [-0.39, 0.29) is 5.91 Å². The number of benzene rings is 1. The molecule has 0 radical (unpaired) electrons. The van der Waals surface area contributed by atoms with Gasteiger partial charge in [0, 0.05) is 17.8 Å². The third-order valence-corrected chi connectivity index (χ3v) is 3.54. The van der Waals surface area contributed by atoms with Crippen LogP contribution in [0.15, 0.2) is 24.3 Å². The van der Waals surface area contributed by atoms with E-state index in [9.17, 15) is 4.79 Å². The second kappa shape index (κ2) is 5.87. The van der Waals surface area contributed by atoms with E-state index in [4.69, 9.17) is 5.73 Å². The summed E-state index contributed by atoms with van der Waals surface area (Å²) in [6, 6.07) is 7.10. The average molecular weight is 247 g/mol. The first-order chi connectivity index (χ1) is 8.65. The number of carbonyl (C=O) groups excluding carboxylic acids is 1. The Bertz CT molecular complexity index is 411. The summed E-state index contributed by atoms with van der Waals surface area (Å²) in [7, 11) is 2.14. The number of hydrogen-bond acceptors (Lipinski definition) is 3. The quantitative estimate of drug-likeness (QED) is 0.792. The van der Waals surface area contributed by atoms with Crippen LogP contribution >= 0.6 is 0 Å². The van der Waals surface area contributed by atoms with Gasteiger partial charge in [-0.25, -0.2) is 0 Å². The Morgan fingerprint density at radius 1 is 1.44 bits per heavy atom. The highest BCUT2D eigenvalue weighted by molar-refractivity contribution is 5.94. The second-order valence-corrected chi connectivity index (χ2v) is 5.08. The van der Waals surface area contributed by atoms with Crippen molar-refractivity contribution in [1.82, 2.24) is 10.2 Å². The van der Waals surface area contributed by atoms with Crippen molar-refractivity contribution in [1.29, 1.82) is 0 Å². The number of nitrogens with zero attached hydrogens (tertiary/aromatic N) is 1. The Kier molecular flexibility index (Phi) is 4.20. The second-order valence-electron chi connectivity index (χ2n) is 5.08. The average Bonchev–Trinajstić information content (AvgIpc) is 2.38. The molecule has 1 aromatic carbocycles. The normalized spacial score (nSPS) is 17.6. The van der Waals surface area contributed by atoms with Crippen LogP contribution in [0, 0.1) is 5.92 Å². The van der Waals surface area contributed by atoms with Gasteiger partial charge < -0.3 is 16.0 Å². The van der Waals surface area contributed by atoms with Gasteiger partial charge in [0.05, 0.1) is 0 Å². The minimum Gasteiger partial charge on any atom is -0.399 e. The molecule has 0 aliphatic carbocycles. The van der Waals surface area contributed by atoms with Gasteiger partial charge in [-0.05, 0) is 57.1 Å². The van der Waals surface area contributed by atoms with Gasteiger partial charge in [-0.15, -0.1) is 0 Å². The van der Waals surface area contributed by atoms with Crippen LogP contribution in [0.5, 0.6) is 0 Å². The summed E-state index contributed by atoms with van der Waals surface area (Å²) in [5, 5.41) is 3.00. The molecule has 0 saturated carbocycles. The van der Waals surface area contributed by atoms with Crippen molar-refractivity contribution in [3.63, 3.8) is 0 Å². The molecule has 1 aliphatic heterocycles. The lowest BCUT2D eigenvalue weighted by molar-refractivity contribution is 0.0939. The van der Waals surface area contributed by atoms with E-state index in [0.29, 0.717) is 17.2 Å². The summed E-state index contributed by atoms with van der Waals surface area (Å²) in [6.45, 7) is 3.01. The molecule has 1 amide bonds. The standard InChI is InChI=1S/C14H21N3O/c1-17-7-5-11(6-8-17)10-16-14(18)12-3-2-4-13(15)9-12/h2-4,9,11H,5-8,10,15H2,1H3,(H,16,18). The predicted molar refractivity (Wildman–Crippen MR) is 73.4 cm³/mol. The van der Waals surface area contributed by atoms with Crippen molar-refractivity contribution in [3.8, 4) is 0 Å². The van der Waals surface area contributed by atoms with E-state index in [2.05, 4.69) is 17.3 Å². The number of anilines is 1. The fourth-order valence-corrected chi connectivity index (χ4v) is 2.29. The van der Waals surface area contributed by atoms with Gasteiger partial charge >= 0.3 is 0 Å². The molecule has 3 N–H and O–H groups in total. The molecule has 1 saturated heterocycles. The fourth-order valence-electron chi connectivity index (χ4n) is 2.29. The third-order valence-electron chi connectivity index (χ3n) is 3.54. The van der Waals surface area contributed by atoms with Gasteiger partial charge in [-0.1, -0.05) is 6.07 Å². The lowest BCUT2D eigenvalue weighted by Crippen LogP contribution is -2.36. The van der Waals surface area contributed by atoms with Gasteiger partial charge in [-0.3, -0.25) is 4.79 Å². The van der Waals surface area contributed by atoms with Crippen molar-refractivity contribution in [2.24, 2.45) is 5.92 Å². The van der Waals surface area contributed by atoms with E-state index in [1.54, 1.807) is 24.3 Å².